The number of nitrogens with one attached hydrogen (secondary N) is 1. The van der Waals surface area contributed by atoms with Crippen molar-refractivity contribution in [1.82, 2.24) is 25.1 Å². The molecule has 1 aliphatic rings. The fraction of sp³-hybridized carbons (Fsp3) is 0.643. The van der Waals surface area contributed by atoms with Gasteiger partial charge in [-0.1, -0.05) is 13.8 Å². The minimum atomic E-state index is 0.229. The summed E-state index contributed by atoms with van der Waals surface area (Å²) < 4.78 is 5.62. The van der Waals surface area contributed by atoms with Crippen LogP contribution in [0.5, 0.6) is 0 Å². The second kappa shape index (κ2) is 5.86. The van der Waals surface area contributed by atoms with Crippen molar-refractivity contribution in [2.75, 3.05) is 24.3 Å². The molecule has 0 aliphatic heterocycles. The molecule has 8 nitrogen and oxygen atoms in total. The van der Waals surface area contributed by atoms with Gasteiger partial charge >= 0.3 is 0 Å². The van der Waals surface area contributed by atoms with Gasteiger partial charge in [0.2, 0.25) is 23.7 Å². The molecule has 1 fully saturated rings. The summed E-state index contributed by atoms with van der Waals surface area (Å²) in [5.41, 5.74) is 0. The molecule has 0 bridgehead atoms. The molecule has 0 radical (unpaired) electrons. The largest absolute Gasteiger partial charge is 0.423 e. The first-order valence-electron chi connectivity index (χ1n) is 7.52. The Kier molecular flexibility index (Phi) is 3.91. The second-order valence-electron chi connectivity index (χ2n) is 6.03. The summed E-state index contributed by atoms with van der Waals surface area (Å²) in [6.07, 6.45) is 2.29. The molecule has 2 aromatic heterocycles. The molecule has 0 unspecified atom stereocenters. The maximum atomic E-state index is 5.62. The van der Waals surface area contributed by atoms with Gasteiger partial charge in [0.25, 0.3) is 0 Å². The lowest BCUT2D eigenvalue weighted by Gasteiger charge is -2.14. The van der Waals surface area contributed by atoms with Gasteiger partial charge in [0.15, 0.2) is 0 Å². The van der Waals surface area contributed by atoms with Crippen LogP contribution in [0.4, 0.5) is 11.9 Å². The predicted octanol–water partition coefficient (Wildman–Crippen LogP) is 1.93. The summed E-state index contributed by atoms with van der Waals surface area (Å²) in [6, 6.07) is 0. The first-order valence-corrected chi connectivity index (χ1v) is 7.52. The molecule has 0 atom stereocenters. The standard InChI is InChI=1S/C14H21N7O/c1-8(2)11-16-13(18-14(17-11)21(3)4)15-7-10-19-20-12(22-10)9-5-6-9/h8-9H,5-7H2,1-4H3,(H,15,16,17,18). The molecule has 0 spiro atoms. The number of anilines is 2. The third-order valence-electron chi connectivity index (χ3n) is 3.36. The quantitative estimate of drug-likeness (QED) is 0.865. The van der Waals surface area contributed by atoms with E-state index in [0.29, 0.717) is 30.3 Å². The minimum Gasteiger partial charge on any atom is -0.423 e. The van der Waals surface area contributed by atoms with Crippen LogP contribution in [0.15, 0.2) is 4.42 Å². The first-order chi connectivity index (χ1) is 10.5. The zero-order chi connectivity index (χ0) is 15.7. The molecule has 0 amide bonds. The minimum absolute atomic E-state index is 0.229. The summed E-state index contributed by atoms with van der Waals surface area (Å²) in [5.74, 6) is 3.90. The number of nitrogens with zero attached hydrogens (tertiary/aromatic N) is 6. The van der Waals surface area contributed by atoms with E-state index in [0.717, 1.165) is 24.6 Å². The highest BCUT2D eigenvalue weighted by Gasteiger charge is 2.29. The highest BCUT2D eigenvalue weighted by atomic mass is 16.4. The van der Waals surface area contributed by atoms with E-state index in [2.05, 4.69) is 44.3 Å². The SMILES string of the molecule is CC(C)c1nc(NCc2nnc(C3CC3)o2)nc(N(C)C)n1. The monoisotopic (exact) mass is 303 g/mol. The van der Waals surface area contributed by atoms with Gasteiger partial charge < -0.3 is 14.6 Å². The Morgan fingerprint density at radius 2 is 1.95 bits per heavy atom. The maximum Gasteiger partial charge on any atom is 0.235 e. The van der Waals surface area contributed by atoms with Gasteiger partial charge in [-0.25, -0.2) is 0 Å². The van der Waals surface area contributed by atoms with Gasteiger partial charge in [0, 0.05) is 25.9 Å². The lowest BCUT2D eigenvalue weighted by atomic mass is 10.2. The Balaban J connectivity index is 1.72. The van der Waals surface area contributed by atoms with Gasteiger partial charge in [0.05, 0.1) is 6.54 Å². The topological polar surface area (TPSA) is 92.9 Å². The van der Waals surface area contributed by atoms with Crippen molar-refractivity contribution in [2.45, 2.75) is 45.1 Å². The van der Waals surface area contributed by atoms with Gasteiger partial charge in [-0.3, -0.25) is 0 Å². The van der Waals surface area contributed by atoms with E-state index in [1.807, 2.05) is 19.0 Å². The average molecular weight is 303 g/mol. The van der Waals surface area contributed by atoms with Gasteiger partial charge in [-0.2, -0.15) is 15.0 Å². The Bertz CT molecular complexity index is 622. The van der Waals surface area contributed by atoms with Crippen LogP contribution in [0.2, 0.25) is 0 Å². The molecule has 1 saturated carbocycles. The zero-order valence-electron chi connectivity index (χ0n) is 13.4. The van der Waals surface area contributed by atoms with Crippen LogP contribution in [0, 0.1) is 0 Å². The van der Waals surface area contributed by atoms with E-state index in [1.165, 1.54) is 0 Å². The summed E-state index contributed by atoms with van der Waals surface area (Å²) in [4.78, 5) is 15.1. The molecular formula is C14H21N7O. The summed E-state index contributed by atoms with van der Waals surface area (Å²) in [7, 11) is 3.81. The Morgan fingerprint density at radius 3 is 2.59 bits per heavy atom. The Morgan fingerprint density at radius 1 is 1.18 bits per heavy atom. The molecule has 118 valence electrons. The molecule has 8 heteroatoms. The Labute approximate surface area is 129 Å². The van der Waals surface area contributed by atoms with Gasteiger partial charge in [-0.15, -0.1) is 10.2 Å². The zero-order valence-corrected chi connectivity index (χ0v) is 13.4. The molecule has 2 heterocycles. The van der Waals surface area contributed by atoms with Crippen molar-refractivity contribution in [3.05, 3.63) is 17.6 Å². The van der Waals surface area contributed by atoms with Crippen LogP contribution in [-0.2, 0) is 6.54 Å². The maximum absolute atomic E-state index is 5.62. The highest BCUT2D eigenvalue weighted by molar-refractivity contribution is 5.36. The van der Waals surface area contributed by atoms with Crippen molar-refractivity contribution in [2.24, 2.45) is 0 Å². The van der Waals surface area contributed by atoms with Crippen LogP contribution in [0.3, 0.4) is 0 Å². The number of hydrogen-bond donors (Lipinski definition) is 1. The van der Waals surface area contributed by atoms with Crippen LogP contribution < -0.4 is 10.2 Å². The first kappa shape index (κ1) is 14.7. The second-order valence-corrected chi connectivity index (χ2v) is 6.03. The summed E-state index contributed by atoms with van der Waals surface area (Å²) in [5, 5.41) is 11.2. The summed E-state index contributed by atoms with van der Waals surface area (Å²) in [6.45, 7) is 4.52. The van der Waals surface area contributed by atoms with Crippen molar-refractivity contribution in [3.63, 3.8) is 0 Å². The third kappa shape index (κ3) is 3.32. The average Bonchev–Trinajstić information content (AvgIpc) is 3.23. The van der Waals surface area contributed by atoms with Crippen LogP contribution in [-0.4, -0.2) is 39.2 Å². The van der Waals surface area contributed by atoms with Gasteiger partial charge in [-0.05, 0) is 12.8 Å². The molecule has 0 aromatic carbocycles. The van der Waals surface area contributed by atoms with Crippen molar-refractivity contribution in [1.29, 1.82) is 0 Å². The van der Waals surface area contributed by atoms with Crippen LogP contribution in [0.1, 0.15) is 56.1 Å². The molecule has 0 saturated heterocycles. The van der Waals surface area contributed by atoms with E-state index < -0.39 is 0 Å². The molecular weight excluding hydrogens is 282 g/mol. The Hall–Kier alpha value is -2.25. The highest BCUT2D eigenvalue weighted by Crippen LogP contribution is 2.38. The van der Waals surface area contributed by atoms with Crippen molar-refractivity contribution < 1.29 is 4.42 Å². The molecule has 3 rings (SSSR count). The van der Waals surface area contributed by atoms with E-state index in [9.17, 15) is 0 Å². The van der Waals surface area contributed by atoms with E-state index in [-0.39, 0.29) is 5.92 Å². The van der Waals surface area contributed by atoms with E-state index >= 15 is 0 Å². The number of aromatic nitrogens is 5. The fourth-order valence-electron chi connectivity index (χ4n) is 1.91. The van der Waals surface area contributed by atoms with E-state index in [1.54, 1.807) is 0 Å². The number of hydrogen-bond acceptors (Lipinski definition) is 8. The molecule has 1 N–H and O–H groups in total. The predicted molar refractivity (Wildman–Crippen MR) is 81.8 cm³/mol. The fourth-order valence-corrected chi connectivity index (χ4v) is 1.91. The van der Waals surface area contributed by atoms with Crippen molar-refractivity contribution in [3.8, 4) is 0 Å². The smallest absolute Gasteiger partial charge is 0.235 e. The van der Waals surface area contributed by atoms with E-state index in [4.69, 9.17) is 4.42 Å². The molecule has 1 aliphatic carbocycles. The lowest BCUT2D eigenvalue weighted by Crippen LogP contribution is -2.17. The number of rotatable bonds is 6. The lowest BCUT2D eigenvalue weighted by molar-refractivity contribution is 0.456. The summed E-state index contributed by atoms with van der Waals surface area (Å²) >= 11 is 0. The van der Waals surface area contributed by atoms with Crippen LogP contribution in [0.25, 0.3) is 0 Å². The van der Waals surface area contributed by atoms with Crippen LogP contribution >= 0.6 is 0 Å². The molecule has 2 aromatic rings. The van der Waals surface area contributed by atoms with Gasteiger partial charge in [0.1, 0.15) is 5.82 Å². The van der Waals surface area contributed by atoms with Crippen molar-refractivity contribution >= 4 is 11.9 Å². The molecule has 22 heavy (non-hydrogen) atoms. The normalized spacial score (nSPS) is 14.4. The third-order valence-corrected chi connectivity index (χ3v) is 3.36.